The number of piperidine rings is 1. The zero-order valence-corrected chi connectivity index (χ0v) is 22.2. The first-order valence-corrected chi connectivity index (χ1v) is 12.5. The SMILES string of the molecule is C=CCCCCO.CC.CC.CC(C)(C)OC(=O)N1CCC(COCCCCC=O)CC1. The number of carbonyl (C=O) groups excluding carboxylic acids is 2. The molecule has 0 bridgehead atoms. The highest BCUT2D eigenvalue weighted by Crippen LogP contribution is 2.20. The Hall–Kier alpha value is -1.40. The highest BCUT2D eigenvalue weighted by Gasteiger charge is 2.26. The van der Waals surface area contributed by atoms with Crippen molar-refractivity contribution in [3.8, 4) is 0 Å². The molecule has 32 heavy (non-hydrogen) atoms. The Bertz CT molecular complexity index is 413. The molecule has 1 saturated heterocycles. The minimum absolute atomic E-state index is 0.212. The Morgan fingerprint density at radius 3 is 2.06 bits per heavy atom. The van der Waals surface area contributed by atoms with Crippen LogP contribution in [0.4, 0.5) is 4.79 Å². The van der Waals surface area contributed by atoms with E-state index in [1.165, 1.54) is 0 Å². The summed E-state index contributed by atoms with van der Waals surface area (Å²) < 4.78 is 11.0. The molecule has 0 atom stereocenters. The lowest BCUT2D eigenvalue weighted by Gasteiger charge is -2.33. The second-order valence-electron chi connectivity index (χ2n) is 8.16. The first kappa shape index (κ1) is 35.2. The van der Waals surface area contributed by atoms with Crippen molar-refractivity contribution in [2.75, 3.05) is 32.9 Å². The summed E-state index contributed by atoms with van der Waals surface area (Å²) in [5, 5.41) is 8.26. The molecular formula is C26H53NO5. The third kappa shape index (κ3) is 24.9. The Morgan fingerprint density at radius 1 is 1.03 bits per heavy atom. The van der Waals surface area contributed by atoms with Crippen LogP contribution in [0.25, 0.3) is 0 Å². The molecule has 1 aliphatic heterocycles. The molecule has 1 rings (SSSR count). The lowest BCUT2D eigenvalue weighted by atomic mass is 9.98. The summed E-state index contributed by atoms with van der Waals surface area (Å²) in [7, 11) is 0. The van der Waals surface area contributed by atoms with E-state index in [-0.39, 0.29) is 6.09 Å². The van der Waals surface area contributed by atoms with Crippen LogP contribution in [0.5, 0.6) is 0 Å². The number of aliphatic hydroxyl groups excluding tert-OH is 1. The average molecular weight is 460 g/mol. The van der Waals surface area contributed by atoms with E-state index in [2.05, 4.69) is 6.58 Å². The van der Waals surface area contributed by atoms with E-state index in [1.807, 2.05) is 54.5 Å². The predicted molar refractivity (Wildman–Crippen MR) is 135 cm³/mol. The van der Waals surface area contributed by atoms with Gasteiger partial charge in [-0.3, -0.25) is 0 Å². The van der Waals surface area contributed by atoms with E-state index in [9.17, 15) is 9.59 Å². The number of aliphatic hydroxyl groups is 1. The molecule has 1 amide bonds. The van der Waals surface area contributed by atoms with Gasteiger partial charge in [-0.2, -0.15) is 0 Å². The first-order chi connectivity index (χ1) is 15.3. The van der Waals surface area contributed by atoms with Gasteiger partial charge in [0.1, 0.15) is 11.9 Å². The third-order valence-corrected chi connectivity index (χ3v) is 4.30. The van der Waals surface area contributed by atoms with Crippen LogP contribution in [0.2, 0.25) is 0 Å². The van der Waals surface area contributed by atoms with E-state index in [1.54, 1.807) is 4.90 Å². The van der Waals surface area contributed by atoms with E-state index < -0.39 is 5.60 Å². The van der Waals surface area contributed by atoms with Gasteiger partial charge in [0.2, 0.25) is 0 Å². The number of nitrogens with zero attached hydrogens (tertiary/aromatic N) is 1. The van der Waals surface area contributed by atoms with Crippen LogP contribution in [0.1, 0.15) is 99.8 Å². The number of allylic oxidation sites excluding steroid dienone is 1. The molecule has 1 N–H and O–H groups in total. The number of hydrogen-bond acceptors (Lipinski definition) is 5. The zero-order chi connectivity index (χ0) is 25.3. The van der Waals surface area contributed by atoms with E-state index >= 15 is 0 Å². The minimum Gasteiger partial charge on any atom is -0.444 e. The zero-order valence-electron chi connectivity index (χ0n) is 22.2. The number of unbranched alkanes of at least 4 members (excludes halogenated alkanes) is 4. The second kappa shape index (κ2) is 25.9. The lowest BCUT2D eigenvalue weighted by molar-refractivity contribution is -0.108. The minimum atomic E-state index is -0.432. The number of carbonyl (C=O) groups is 2. The number of amides is 1. The van der Waals surface area contributed by atoms with Crippen LogP contribution in [0, 0.1) is 5.92 Å². The first-order valence-electron chi connectivity index (χ1n) is 12.5. The van der Waals surface area contributed by atoms with Gasteiger partial charge in [-0.25, -0.2) is 4.79 Å². The summed E-state index contributed by atoms with van der Waals surface area (Å²) in [6.45, 7) is 20.5. The Kier molecular flexibility index (Phi) is 28.4. The highest BCUT2D eigenvalue weighted by molar-refractivity contribution is 5.68. The van der Waals surface area contributed by atoms with Crippen LogP contribution >= 0.6 is 0 Å². The molecule has 6 heteroatoms. The van der Waals surface area contributed by atoms with Crippen molar-refractivity contribution in [3.63, 3.8) is 0 Å². The van der Waals surface area contributed by atoms with Gasteiger partial charge in [0.25, 0.3) is 0 Å². The van der Waals surface area contributed by atoms with Crippen LogP contribution in [0.15, 0.2) is 12.7 Å². The predicted octanol–water partition coefficient (Wildman–Crippen LogP) is 6.41. The van der Waals surface area contributed by atoms with E-state index in [0.29, 0.717) is 18.9 Å². The fraction of sp³-hybridized carbons (Fsp3) is 0.846. The van der Waals surface area contributed by atoms with Crippen molar-refractivity contribution in [2.45, 2.75) is 105 Å². The van der Waals surface area contributed by atoms with Crippen LogP contribution < -0.4 is 0 Å². The molecule has 0 aromatic rings. The summed E-state index contributed by atoms with van der Waals surface area (Å²) in [4.78, 5) is 23.9. The van der Waals surface area contributed by atoms with Crippen molar-refractivity contribution in [2.24, 2.45) is 5.92 Å². The maximum absolute atomic E-state index is 11.9. The maximum atomic E-state index is 11.9. The van der Waals surface area contributed by atoms with Gasteiger partial charge in [-0.15, -0.1) is 6.58 Å². The largest absolute Gasteiger partial charge is 0.444 e. The summed E-state index contributed by atoms with van der Waals surface area (Å²) in [5.41, 5.74) is -0.432. The fourth-order valence-corrected chi connectivity index (χ4v) is 2.69. The number of aldehydes is 1. The molecule has 0 aromatic carbocycles. The van der Waals surface area contributed by atoms with Gasteiger partial charge in [0.05, 0.1) is 0 Å². The molecule has 0 aromatic heterocycles. The maximum Gasteiger partial charge on any atom is 0.410 e. The van der Waals surface area contributed by atoms with E-state index in [0.717, 1.165) is 77.5 Å². The number of ether oxygens (including phenoxy) is 2. The van der Waals surface area contributed by atoms with Gasteiger partial charge in [-0.05, 0) is 71.6 Å². The number of hydrogen-bond donors (Lipinski definition) is 1. The van der Waals surface area contributed by atoms with Crippen molar-refractivity contribution < 1.29 is 24.2 Å². The molecule has 6 nitrogen and oxygen atoms in total. The van der Waals surface area contributed by atoms with Crippen LogP contribution in [0.3, 0.4) is 0 Å². The Balaban J connectivity index is -0.000000643. The van der Waals surface area contributed by atoms with Crippen LogP contribution in [-0.2, 0) is 14.3 Å². The van der Waals surface area contributed by atoms with Crippen molar-refractivity contribution in [1.29, 1.82) is 0 Å². The van der Waals surface area contributed by atoms with Gasteiger partial charge < -0.3 is 24.3 Å². The summed E-state index contributed by atoms with van der Waals surface area (Å²) in [6.07, 6.45) is 10.0. The standard InChI is InChI=1S/C16H29NO4.C6H12O.2C2H6/c1-16(2,3)21-15(19)17-9-7-14(8-10-17)13-20-12-6-4-5-11-18;1-2-3-4-5-6-7;2*1-2/h11,14H,4-10,12-13H2,1-3H3;2,7H,1,3-6H2;2*1-2H3. The fourth-order valence-electron chi connectivity index (χ4n) is 2.69. The quantitative estimate of drug-likeness (QED) is 0.219. The summed E-state index contributed by atoms with van der Waals surface area (Å²) in [6, 6.07) is 0. The summed E-state index contributed by atoms with van der Waals surface area (Å²) >= 11 is 0. The molecule has 1 fully saturated rings. The van der Waals surface area contributed by atoms with Gasteiger partial charge >= 0.3 is 6.09 Å². The molecule has 1 heterocycles. The van der Waals surface area contributed by atoms with Gasteiger partial charge in [0.15, 0.2) is 0 Å². The monoisotopic (exact) mass is 459 g/mol. The Morgan fingerprint density at radius 2 is 1.59 bits per heavy atom. The topological polar surface area (TPSA) is 76.1 Å². The molecule has 0 radical (unpaired) electrons. The molecule has 0 spiro atoms. The molecule has 192 valence electrons. The average Bonchev–Trinajstić information content (AvgIpc) is 2.79. The van der Waals surface area contributed by atoms with Crippen LogP contribution in [-0.4, -0.2) is 60.9 Å². The van der Waals surface area contributed by atoms with Crippen molar-refractivity contribution >= 4 is 12.4 Å². The molecule has 0 saturated carbocycles. The molecule has 0 unspecified atom stereocenters. The van der Waals surface area contributed by atoms with Crippen molar-refractivity contribution in [3.05, 3.63) is 12.7 Å². The number of likely N-dealkylation sites (tertiary alicyclic amines) is 1. The van der Waals surface area contributed by atoms with E-state index in [4.69, 9.17) is 14.6 Å². The second-order valence-corrected chi connectivity index (χ2v) is 8.16. The third-order valence-electron chi connectivity index (χ3n) is 4.30. The smallest absolute Gasteiger partial charge is 0.410 e. The van der Waals surface area contributed by atoms with Crippen molar-refractivity contribution in [1.82, 2.24) is 4.90 Å². The summed E-state index contributed by atoms with van der Waals surface area (Å²) in [5.74, 6) is 0.523. The lowest BCUT2D eigenvalue weighted by Crippen LogP contribution is -2.42. The van der Waals surface area contributed by atoms with Gasteiger partial charge in [-0.1, -0.05) is 33.8 Å². The molecular weight excluding hydrogens is 406 g/mol. The molecule has 0 aliphatic carbocycles. The van der Waals surface area contributed by atoms with Gasteiger partial charge in [0, 0.05) is 39.3 Å². The highest BCUT2D eigenvalue weighted by atomic mass is 16.6. The molecule has 1 aliphatic rings. The number of rotatable bonds is 11. The Labute approximate surface area is 198 Å². The normalized spacial score (nSPS) is 13.3.